The van der Waals surface area contributed by atoms with Crippen LogP contribution in [0.4, 0.5) is 9.18 Å². The van der Waals surface area contributed by atoms with Gasteiger partial charge >= 0.3 is 6.03 Å². The standard InChI is InChI=1S/C23H23FN6O3S/c24-15-6-8-16(9-7-15)30-19(17-5-3-14-34-17)26-18(28-30)20(31)25-12-4-13-29-21(32)23(27-22(29)33)10-1-2-11-23/h3,5-9,14H,1-2,4,10-13H2,(H,25,31)(H,27,33). The summed E-state index contributed by atoms with van der Waals surface area (Å²) in [5, 5.41) is 11.8. The Morgan fingerprint density at radius 2 is 1.94 bits per heavy atom. The van der Waals surface area contributed by atoms with Crippen LogP contribution >= 0.6 is 11.3 Å². The van der Waals surface area contributed by atoms with E-state index in [4.69, 9.17) is 0 Å². The van der Waals surface area contributed by atoms with Gasteiger partial charge in [0.05, 0.1) is 10.6 Å². The first-order valence-corrected chi connectivity index (χ1v) is 12.0. The van der Waals surface area contributed by atoms with Crippen LogP contribution in [-0.2, 0) is 4.79 Å². The van der Waals surface area contributed by atoms with Gasteiger partial charge in [-0.25, -0.2) is 18.9 Å². The van der Waals surface area contributed by atoms with Crippen molar-refractivity contribution in [2.45, 2.75) is 37.6 Å². The molecule has 1 saturated heterocycles. The van der Waals surface area contributed by atoms with E-state index in [0.29, 0.717) is 30.8 Å². The van der Waals surface area contributed by atoms with Crippen LogP contribution in [0.25, 0.3) is 16.4 Å². The first kappa shape index (κ1) is 22.2. The third kappa shape index (κ3) is 4.07. The number of carbonyl (C=O) groups excluding carboxylic acids is 3. The Morgan fingerprint density at radius 1 is 1.18 bits per heavy atom. The zero-order chi connectivity index (χ0) is 23.7. The smallest absolute Gasteiger partial charge is 0.325 e. The number of urea groups is 1. The molecule has 0 radical (unpaired) electrons. The van der Waals surface area contributed by atoms with Crippen LogP contribution in [-0.4, -0.2) is 56.1 Å². The highest BCUT2D eigenvalue weighted by atomic mass is 32.1. The summed E-state index contributed by atoms with van der Waals surface area (Å²) in [6.07, 6.45) is 3.64. The van der Waals surface area contributed by atoms with E-state index in [9.17, 15) is 18.8 Å². The van der Waals surface area contributed by atoms with E-state index in [1.165, 1.54) is 33.1 Å². The topological polar surface area (TPSA) is 109 Å². The zero-order valence-electron chi connectivity index (χ0n) is 18.3. The molecule has 3 heterocycles. The first-order valence-electron chi connectivity index (χ1n) is 11.2. The third-order valence-corrected chi connectivity index (χ3v) is 7.04. The van der Waals surface area contributed by atoms with Gasteiger partial charge in [0.25, 0.3) is 11.8 Å². The summed E-state index contributed by atoms with van der Waals surface area (Å²) in [5.41, 5.74) is -0.147. The van der Waals surface area contributed by atoms with Crippen LogP contribution in [0.1, 0.15) is 42.7 Å². The van der Waals surface area contributed by atoms with Gasteiger partial charge in [0, 0.05) is 13.1 Å². The largest absolute Gasteiger partial charge is 0.349 e. The number of thiophene rings is 1. The van der Waals surface area contributed by atoms with Crippen molar-refractivity contribution < 1.29 is 18.8 Å². The molecule has 176 valence electrons. The fourth-order valence-electron chi connectivity index (χ4n) is 4.45. The van der Waals surface area contributed by atoms with Crippen molar-refractivity contribution in [3.8, 4) is 16.4 Å². The zero-order valence-corrected chi connectivity index (χ0v) is 19.1. The normalized spacial score (nSPS) is 16.9. The van der Waals surface area contributed by atoms with Crippen LogP contribution in [0.5, 0.6) is 0 Å². The second-order valence-electron chi connectivity index (χ2n) is 8.41. The number of benzene rings is 1. The molecule has 2 aliphatic rings. The second-order valence-corrected chi connectivity index (χ2v) is 9.36. The second kappa shape index (κ2) is 8.98. The van der Waals surface area contributed by atoms with E-state index in [-0.39, 0.29) is 36.7 Å². The van der Waals surface area contributed by atoms with Gasteiger partial charge in [0.2, 0.25) is 5.82 Å². The van der Waals surface area contributed by atoms with Gasteiger partial charge in [-0.05, 0) is 55.0 Å². The predicted octanol–water partition coefficient (Wildman–Crippen LogP) is 3.12. The molecule has 1 aromatic carbocycles. The van der Waals surface area contributed by atoms with Gasteiger partial charge < -0.3 is 10.6 Å². The number of hydrogen-bond donors (Lipinski definition) is 2. The summed E-state index contributed by atoms with van der Waals surface area (Å²) < 4.78 is 14.9. The number of imide groups is 1. The molecule has 2 aromatic heterocycles. The van der Waals surface area contributed by atoms with Crippen molar-refractivity contribution in [3.63, 3.8) is 0 Å². The van der Waals surface area contributed by atoms with E-state index in [1.807, 2.05) is 17.5 Å². The lowest BCUT2D eigenvalue weighted by Crippen LogP contribution is -2.44. The van der Waals surface area contributed by atoms with Crippen LogP contribution in [0.3, 0.4) is 0 Å². The average molecular weight is 483 g/mol. The van der Waals surface area contributed by atoms with E-state index in [0.717, 1.165) is 17.7 Å². The fraction of sp³-hybridized carbons (Fsp3) is 0.348. The lowest BCUT2D eigenvalue weighted by Gasteiger charge is -2.19. The molecule has 1 aliphatic carbocycles. The fourth-order valence-corrected chi connectivity index (χ4v) is 5.15. The summed E-state index contributed by atoms with van der Waals surface area (Å²) in [4.78, 5) is 44.2. The Bertz CT molecular complexity index is 1220. The van der Waals surface area contributed by atoms with E-state index in [2.05, 4.69) is 20.7 Å². The highest BCUT2D eigenvalue weighted by Gasteiger charge is 2.52. The monoisotopic (exact) mass is 482 g/mol. The molecule has 0 bridgehead atoms. The minimum atomic E-state index is -0.727. The van der Waals surface area contributed by atoms with E-state index >= 15 is 0 Å². The van der Waals surface area contributed by atoms with Crippen LogP contribution in [0.15, 0.2) is 41.8 Å². The summed E-state index contributed by atoms with van der Waals surface area (Å²) in [7, 11) is 0. The van der Waals surface area contributed by atoms with Gasteiger partial charge in [-0.2, -0.15) is 0 Å². The van der Waals surface area contributed by atoms with Gasteiger partial charge in [0.1, 0.15) is 11.4 Å². The van der Waals surface area contributed by atoms with Crippen molar-refractivity contribution in [3.05, 3.63) is 53.4 Å². The van der Waals surface area contributed by atoms with Gasteiger partial charge in [0.15, 0.2) is 5.82 Å². The average Bonchev–Trinajstić information content (AvgIpc) is 3.61. The van der Waals surface area contributed by atoms with Crippen molar-refractivity contribution in [2.75, 3.05) is 13.1 Å². The molecule has 3 aromatic rings. The van der Waals surface area contributed by atoms with E-state index in [1.54, 1.807) is 12.1 Å². The number of nitrogens with zero attached hydrogens (tertiary/aromatic N) is 4. The highest BCUT2D eigenvalue weighted by molar-refractivity contribution is 7.13. The predicted molar refractivity (Wildman–Crippen MR) is 123 cm³/mol. The molecule has 4 amide bonds. The molecule has 34 heavy (non-hydrogen) atoms. The molecule has 0 atom stereocenters. The first-order chi connectivity index (χ1) is 16.5. The minimum Gasteiger partial charge on any atom is -0.349 e. The number of hydrogen-bond acceptors (Lipinski definition) is 6. The summed E-state index contributed by atoms with van der Waals surface area (Å²) in [5.74, 6) is -0.547. The molecule has 5 rings (SSSR count). The number of halogens is 1. The molecule has 2 N–H and O–H groups in total. The summed E-state index contributed by atoms with van der Waals surface area (Å²) in [6, 6.07) is 9.15. The Balaban J connectivity index is 1.24. The number of aromatic nitrogens is 3. The van der Waals surface area contributed by atoms with E-state index < -0.39 is 11.4 Å². The molecule has 1 spiro atoms. The molecule has 0 unspecified atom stereocenters. The maximum Gasteiger partial charge on any atom is 0.325 e. The summed E-state index contributed by atoms with van der Waals surface area (Å²) in [6.45, 7) is 0.479. The van der Waals surface area contributed by atoms with Gasteiger partial charge in [-0.15, -0.1) is 16.4 Å². The minimum absolute atomic E-state index is 0.0207. The number of carbonyl (C=O) groups is 3. The molecule has 9 nitrogen and oxygen atoms in total. The Kier molecular flexibility index (Phi) is 5.86. The van der Waals surface area contributed by atoms with Gasteiger partial charge in [-0.3, -0.25) is 14.5 Å². The quantitative estimate of drug-likeness (QED) is 0.397. The SMILES string of the molecule is O=C(NCCCN1C(=O)NC2(CCCC2)C1=O)c1nc(-c2cccs2)n(-c2ccc(F)cc2)n1. The molecule has 1 saturated carbocycles. The lowest BCUT2D eigenvalue weighted by atomic mass is 9.98. The molecule has 2 fully saturated rings. The molecular formula is C23H23FN6O3S. The van der Waals surface area contributed by atoms with Gasteiger partial charge in [-0.1, -0.05) is 18.9 Å². The number of rotatable bonds is 7. The van der Waals surface area contributed by atoms with Crippen molar-refractivity contribution in [2.24, 2.45) is 0 Å². The Morgan fingerprint density at radius 3 is 2.65 bits per heavy atom. The Labute approximate surface area is 199 Å². The summed E-state index contributed by atoms with van der Waals surface area (Å²) >= 11 is 1.45. The van der Waals surface area contributed by atoms with Crippen LogP contribution in [0.2, 0.25) is 0 Å². The molecule has 1 aliphatic heterocycles. The molecule has 11 heteroatoms. The third-order valence-electron chi connectivity index (χ3n) is 6.17. The van der Waals surface area contributed by atoms with Crippen molar-refractivity contribution in [1.82, 2.24) is 30.3 Å². The van der Waals surface area contributed by atoms with Crippen LogP contribution < -0.4 is 10.6 Å². The number of nitrogens with one attached hydrogen (secondary N) is 2. The molecular weight excluding hydrogens is 459 g/mol. The highest BCUT2D eigenvalue weighted by Crippen LogP contribution is 2.35. The maximum atomic E-state index is 13.4. The maximum absolute atomic E-state index is 13.4. The van der Waals surface area contributed by atoms with Crippen molar-refractivity contribution in [1.29, 1.82) is 0 Å². The lowest BCUT2D eigenvalue weighted by molar-refractivity contribution is -0.131. The number of amides is 4. The Hall–Kier alpha value is -3.60. The van der Waals surface area contributed by atoms with Crippen LogP contribution in [0, 0.1) is 5.82 Å². The van der Waals surface area contributed by atoms with Crippen molar-refractivity contribution >= 4 is 29.2 Å².